The first-order chi connectivity index (χ1) is 14.2. The third-order valence-electron chi connectivity index (χ3n) is 5.11. The van der Waals surface area contributed by atoms with Gasteiger partial charge in [0.25, 0.3) is 5.56 Å². The fourth-order valence-electron chi connectivity index (χ4n) is 3.57. The van der Waals surface area contributed by atoms with Crippen molar-refractivity contribution in [3.05, 3.63) is 107 Å². The molecule has 0 aliphatic carbocycles. The number of benzene rings is 3. The number of aromatic nitrogens is 3. The highest BCUT2D eigenvalue weighted by atomic mass is 19.1. The van der Waals surface area contributed by atoms with Crippen molar-refractivity contribution in [3.8, 4) is 11.1 Å². The van der Waals surface area contributed by atoms with Gasteiger partial charge in [0.15, 0.2) is 0 Å². The van der Waals surface area contributed by atoms with Crippen LogP contribution in [-0.2, 0) is 6.54 Å². The van der Waals surface area contributed by atoms with Crippen LogP contribution in [0, 0.1) is 5.82 Å². The van der Waals surface area contributed by atoms with E-state index < -0.39 is 0 Å². The van der Waals surface area contributed by atoms with Crippen LogP contribution in [0.1, 0.15) is 5.56 Å². The van der Waals surface area contributed by atoms with Gasteiger partial charge < -0.3 is 4.57 Å². The van der Waals surface area contributed by atoms with Crippen LogP contribution in [0.4, 0.5) is 4.39 Å². The van der Waals surface area contributed by atoms with E-state index in [0.29, 0.717) is 16.6 Å². The summed E-state index contributed by atoms with van der Waals surface area (Å²) < 4.78 is 16.5. The number of para-hydroxylation sites is 2. The van der Waals surface area contributed by atoms with Crippen LogP contribution >= 0.6 is 0 Å². The number of nitrogens with zero attached hydrogens (tertiary/aromatic N) is 3. The maximum absolute atomic E-state index is 14.9. The van der Waals surface area contributed by atoms with Crippen molar-refractivity contribution in [2.24, 2.45) is 0 Å². The van der Waals surface area contributed by atoms with Gasteiger partial charge in [-0.05, 0) is 46.8 Å². The van der Waals surface area contributed by atoms with E-state index in [-0.39, 0.29) is 17.9 Å². The molecule has 5 rings (SSSR count). The maximum Gasteiger partial charge on any atom is 0.269 e. The molecule has 0 N–H and O–H groups in total. The molecule has 2 aromatic heterocycles. The van der Waals surface area contributed by atoms with Crippen LogP contribution < -0.4 is 5.56 Å². The molecule has 3 aromatic carbocycles. The highest BCUT2D eigenvalue weighted by molar-refractivity contribution is 5.86. The lowest BCUT2D eigenvalue weighted by Gasteiger charge is -2.11. The lowest BCUT2D eigenvalue weighted by Crippen LogP contribution is -2.21. The van der Waals surface area contributed by atoms with Crippen LogP contribution in [-0.4, -0.2) is 14.5 Å². The molecule has 29 heavy (non-hydrogen) atoms. The van der Waals surface area contributed by atoms with Crippen molar-refractivity contribution in [2.75, 3.05) is 0 Å². The number of hydrogen-bond donors (Lipinski definition) is 0. The molecule has 140 valence electrons. The molecule has 0 radical (unpaired) electrons. The minimum atomic E-state index is -0.342. The summed E-state index contributed by atoms with van der Waals surface area (Å²) in [5, 5.41) is 2.09. The number of pyridine rings is 1. The highest BCUT2D eigenvalue weighted by Crippen LogP contribution is 2.26. The normalized spacial score (nSPS) is 11.2. The average Bonchev–Trinajstić information content (AvgIpc) is 2.76. The molecule has 4 nitrogen and oxygen atoms in total. The van der Waals surface area contributed by atoms with Gasteiger partial charge in [-0.1, -0.05) is 36.4 Å². The monoisotopic (exact) mass is 381 g/mol. The van der Waals surface area contributed by atoms with Crippen LogP contribution in [0.15, 0.2) is 90.1 Å². The van der Waals surface area contributed by atoms with Crippen molar-refractivity contribution in [1.29, 1.82) is 0 Å². The molecular weight excluding hydrogens is 365 g/mol. The molecule has 0 unspecified atom stereocenters. The second-order valence-corrected chi connectivity index (χ2v) is 6.92. The Balaban J connectivity index is 1.53. The molecule has 0 fully saturated rings. The maximum atomic E-state index is 14.9. The summed E-state index contributed by atoms with van der Waals surface area (Å²) in [7, 11) is 0. The summed E-state index contributed by atoms with van der Waals surface area (Å²) in [5.74, 6) is -0.342. The van der Waals surface area contributed by atoms with E-state index in [2.05, 4.69) is 9.97 Å². The van der Waals surface area contributed by atoms with Gasteiger partial charge in [-0.15, -0.1) is 0 Å². The summed E-state index contributed by atoms with van der Waals surface area (Å²) >= 11 is 0. The van der Waals surface area contributed by atoms with E-state index in [1.807, 2.05) is 54.6 Å². The zero-order chi connectivity index (χ0) is 19.8. The zero-order valence-electron chi connectivity index (χ0n) is 15.4. The zero-order valence-corrected chi connectivity index (χ0v) is 15.4. The summed E-state index contributed by atoms with van der Waals surface area (Å²) in [6, 6.07) is 20.4. The molecule has 0 aliphatic heterocycles. The fraction of sp³-hybridized carbons (Fsp3) is 0.0417. The molecule has 0 aliphatic rings. The molecule has 0 amide bonds. The van der Waals surface area contributed by atoms with E-state index in [9.17, 15) is 9.18 Å². The smallest absolute Gasteiger partial charge is 0.269 e. The van der Waals surface area contributed by atoms with Crippen molar-refractivity contribution < 1.29 is 4.39 Å². The lowest BCUT2D eigenvalue weighted by molar-refractivity contribution is 0.599. The van der Waals surface area contributed by atoms with Gasteiger partial charge in [-0.3, -0.25) is 9.78 Å². The van der Waals surface area contributed by atoms with Crippen LogP contribution in [0.25, 0.3) is 32.9 Å². The molecule has 0 bridgehead atoms. The van der Waals surface area contributed by atoms with E-state index in [0.717, 1.165) is 21.9 Å². The minimum Gasteiger partial charge on any atom is -0.301 e. The van der Waals surface area contributed by atoms with Crippen LogP contribution in [0.2, 0.25) is 0 Å². The largest absolute Gasteiger partial charge is 0.301 e. The molecule has 2 heterocycles. The minimum absolute atomic E-state index is 0.150. The van der Waals surface area contributed by atoms with Gasteiger partial charge in [0.05, 0.1) is 23.8 Å². The number of halogens is 1. The summed E-state index contributed by atoms with van der Waals surface area (Å²) in [4.78, 5) is 20.6. The van der Waals surface area contributed by atoms with Gasteiger partial charge >= 0.3 is 0 Å². The number of rotatable bonds is 3. The SMILES string of the molecule is O=c1cnc2ccccc2n1Cc1ccc(-c2ccc3cnccc3c2)cc1F. The van der Waals surface area contributed by atoms with Gasteiger partial charge in [-0.2, -0.15) is 0 Å². The Morgan fingerprint density at radius 3 is 2.59 bits per heavy atom. The van der Waals surface area contributed by atoms with Crippen molar-refractivity contribution in [3.63, 3.8) is 0 Å². The Bertz CT molecular complexity index is 1430. The van der Waals surface area contributed by atoms with Crippen molar-refractivity contribution in [1.82, 2.24) is 14.5 Å². The fourth-order valence-corrected chi connectivity index (χ4v) is 3.57. The Labute approximate surface area is 165 Å². The van der Waals surface area contributed by atoms with E-state index in [4.69, 9.17) is 0 Å². The topological polar surface area (TPSA) is 47.8 Å². The standard InChI is InChI=1S/C24H16FN3O/c25-21-12-17(16-5-7-19-13-26-10-9-18(19)11-16)6-8-20(21)15-28-23-4-2-1-3-22(23)27-14-24(28)29/h1-14H,15H2. The Morgan fingerprint density at radius 2 is 1.69 bits per heavy atom. The first-order valence-electron chi connectivity index (χ1n) is 9.26. The highest BCUT2D eigenvalue weighted by Gasteiger charge is 2.10. The number of fused-ring (bicyclic) bond motifs is 2. The summed E-state index contributed by atoms with van der Waals surface area (Å²) in [6.07, 6.45) is 4.82. The first-order valence-corrected chi connectivity index (χ1v) is 9.26. The molecule has 5 aromatic rings. The third kappa shape index (κ3) is 3.17. The average molecular weight is 381 g/mol. The number of hydrogen-bond acceptors (Lipinski definition) is 3. The van der Waals surface area contributed by atoms with E-state index in [1.165, 1.54) is 12.3 Å². The van der Waals surface area contributed by atoms with Gasteiger partial charge in [-0.25, -0.2) is 9.37 Å². The molecule has 0 spiro atoms. The molecule has 5 heteroatoms. The molecule has 0 atom stereocenters. The quantitative estimate of drug-likeness (QED) is 0.451. The Morgan fingerprint density at radius 1 is 0.862 bits per heavy atom. The lowest BCUT2D eigenvalue weighted by atomic mass is 10.0. The second-order valence-electron chi connectivity index (χ2n) is 6.92. The van der Waals surface area contributed by atoms with Crippen molar-refractivity contribution in [2.45, 2.75) is 6.54 Å². The molecule has 0 saturated carbocycles. The van der Waals surface area contributed by atoms with Crippen LogP contribution in [0.3, 0.4) is 0 Å². The van der Waals surface area contributed by atoms with Gasteiger partial charge in [0, 0.05) is 23.3 Å². The third-order valence-corrected chi connectivity index (χ3v) is 5.11. The Kier molecular flexibility index (Phi) is 4.13. The Hall–Kier alpha value is -3.86. The predicted octanol–water partition coefficient (Wildman–Crippen LogP) is 4.80. The van der Waals surface area contributed by atoms with Crippen LogP contribution in [0.5, 0.6) is 0 Å². The van der Waals surface area contributed by atoms with E-state index >= 15 is 0 Å². The first kappa shape index (κ1) is 17.3. The molecule has 0 saturated heterocycles. The van der Waals surface area contributed by atoms with Crippen molar-refractivity contribution >= 4 is 21.8 Å². The second kappa shape index (κ2) is 6.95. The van der Waals surface area contributed by atoms with E-state index in [1.54, 1.807) is 23.0 Å². The van der Waals surface area contributed by atoms with Gasteiger partial charge in [0.1, 0.15) is 5.82 Å². The summed E-state index contributed by atoms with van der Waals surface area (Å²) in [5.41, 5.74) is 3.31. The van der Waals surface area contributed by atoms with Gasteiger partial charge in [0.2, 0.25) is 0 Å². The molecular formula is C24H16FN3O. The predicted molar refractivity (Wildman–Crippen MR) is 112 cm³/mol. The summed E-state index contributed by atoms with van der Waals surface area (Å²) in [6.45, 7) is 0.150.